The standard InChI is InChI=1S/C21H29N3O3/c1-15(2)14-17-19(25)18(20(26)22-17)21(27)24-12-10-23(11-13-24)9-8-16-6-4-3-5-7-16/h3-7,15,17-18H,8-14H2,1-2H3,(H,22,26). The number of carbonyl (C=O) groups is 3. The van der Waals surface area contributed by atoms with Crippen LogP contribution in [0, 0.1) is 11.8 Å². The van der Waals surface area contributed by atoms with Crippen molar-refractivity contribution in [1.82, 2.24) is 15.1 Å². The summed E-state index contributed by atoms with van der Waals surface area (Å²) >= 11 is 0. The monoisotopic (exact) mass is 371 g/mol. The summed E-state index contributed by atoms with van der Waals surface area (Å²) in [5.74, 6) is -1.87. The van der Waals surface area contributed by atoms with Gasteiger partial charge in [-0.15, -0.1) is 0 Å². The van der Waals surface area contributed by atoms with Gasteiger partial charge in [-0.2, -0.15) is 0 Å². The maximum Gasteiger partial charge on any atom is 0.242 e. The summed E-state index contributed by atoms with van der Waals surface area (Å²) in [5.41, 5.74) is 1.31. The average Bonchev–Trinajstić information content (AvgIpc) is 2.93. The van der Waals surface area contributed by atoms with Crippen LogP contribution in [-0.2, 0) is 20.8 Å². The number of hydrogen-bond acceptors (Lipinski definition) is 4. The van der Waals surface area contributed by atoms with Gasteiger partial charge in [0.2, 0.25) is 11.8 Å². The van der Waals surface area contributed by atoms with Gasteiger partial charge < -0.3 is 10.2 Å². The normalized spacial score (nSPS) is 23.7. The highest BCUT2D eigenvalue weighted by Crippen LogP contribution is 2.20. The molecule has 2 amide bonds. The van der Waals surface area contributed by atoms with E-state index in [2.05, 4.69) is 22.3 Å². The molecule has 3 rings (SSSR count). The lowest BCUT2D eigenvalue weighted by Gasteiger charge is -2.35. The summed E-state index contributed by atoms with van der Waals surface area (Å²) in [7, 11) is 0. The molecule has 0 saturated carbocycles. The number of benzene rings is 1. The number of piperazine rings is 1. The van der Waals surface area contributed by atoms with E-state index in [0.717, 1.165) is 26.1 Å². The summed E-state index contributed by atoms with van der Waals surface area (Å²) in [6, 6.07) is 9.83. The van der Waals surface area contributed by atoms with Crippen LogP contribution >= 0.6 is 0 Å². The van der Waals surface area contributed by atoms with Gasteiger partial charge in [-0.25, -0.2) is 0 Å². The van der Waals surface area contributed by atoms with Crippen LogP contribution in [0.5, 0.6) is 0 Å². The second-order valence-corrected chi connectivity index (χ2v) is 7.93. The van der Waals surface area contributed by atoms with E-state index in [1.54, 1.807) is 4.90 Å². The van der Waals surface area contributed by atoms with Gasteiger partial charge in [0, 0.05) is 32.7 Å². The van der Waals surface area contributed by atoms with Crippen molar-refractivity contribution in [2.24, 2.45) is 11.8 Å². The first-order chi connectivity index (χ1) is 13.0. The smallest absolute Gasteiger partial charge is 0.242 e. The Hall–Kier alpha value is -2.21. The largest absolute Gasteiger partial charge is 0.345 e. The lowest BCUT2D eigenvalue weighted by Crippen LogP contribution is -2.52. The second kappa shape index (κ2) is 8.65. The molecule has 1 aromatic carbocycles. The molecule has 0 bridgehead atoms. The third-order valence-electron chi connectivity index (χ3n) is 5.40. The Morgan fingerprint density at radius 2 is 1.78 bits per heavy atom. The fourth-order valence-electron chi connectivity index (χ4n) is 3.84. The van der Waals surface area contributed by atoms with E-state index in [4.69, 9.17) is 0 Å². The Morgan fingerprint density at radius 1 is 1.11 bits per heavy atom. The molecule has 2 atom stereocenters. The van der Waals surface area contributed by atoms with Crippen molar-refractivity contribution < 1.29 is 14.4 Å². The average molecular weight is 371 g/mol. The third kappa shape index (κ3) is 4.75. The maximum absolute atomic E-state index is 12.8. The molecular formula is C21H29N3O3. The van der Waals surface area contributed by atoms with Crippen LogP contribution in [0.2, 0.25) is 0 Å². The van der Waals surface area contributed by atoms with E-state index in [9.17, 15) is 14.4 Å². The Balaban J connectivity index is 1.49. The molecule has 2 aliphatic rings. The van der Waals surface area contributed by atoms with E-state index in [-0.39, 0.29) is 11.7 Å². The molecule has 0 aromatic heterocycles. The van der Waals surface area contributed by atoms with Gasteiger partial charge in [0.25, 0.3) is 0 Å². The zero-order valence-corrected chi connectivity index (χ0v) is 16.2. The van der Waals surface area contributed by atoms with Crippen molar-refractivity contribution in [2.45, 2.75) is 32.7 Å². The first-order valence-corrected chi connectivity index (χ1v) is 9.85. The van der Waals surface area contributed by atoms with Crippen LogP contribution in [-0.4, -0.2) is 66.2 Å². The highest BCUT2D eigenvalue weighted by molar-refractivity contribution is 6.23. The second-order valence-electron chi connectivity index (χ2n) is 7.93. The molecule has 146 valence electrons. The summed E-state index contributed by atoms with van der Waals surface area (Å²) < 4.78 is 0. The van der Waals surface area contributed by atoms with Gasteiger partial charge in [-0.1, -0.05) is 44.2 Å². The molecule has 1 N–H and O–H groups in total. The van der Waals surface area contributed by atoms with Crippen molar-refractivity contribution in [2.75, 3.05) is 32.7 Å². The first-order valence-electron chi connectivity index (χ1n) is 9.85. The molecule has 6 nitrogen and oxygen atoms in total. The number of amides is 2. The van der Waals surface area contributed by atoms with Crippen LogP contribution in [0.3, 0.4) is 0 Å². The minimum absolute atomic E-state index is 0.259. The minimum atomic E-state index is -1.15. The Kier molecular flexibility index (Phi) is 6.26. The Morgan fingerprint density at radius 3 is 2.41 bits per heavy atom. The van der Waals surface area contributed by atoms with Gasteiger partial charge in [-0.3, -0.25) is 19.3 Å². The van der Waals surface area contributed by atoms with Crippen LogP contribution < -0.4 is 5.32 Å². The topological polar surface area (TPSA) is 69.7 Å². The summed E-state index contributed by atoms with van der Waals surface area (Å²) in [6.45, 7) is 7.64. The van der Waals surface area contributed by atoms with Crippen LogP contribution in [0.1, 0.15) is 25.8 Å². The lowest BCUT2D eigenvalue weighted by molar-refractivity contribution is -0.145. The number of ketones is 1. The number of rotatable bonds is 6. The SMILES string of the molecule is CC(C)CC1NC(=O)C(C(=O)N2CCN(CCc3ccccc3)CC2)C1=O. The molecular weight excluding hydrogens is 342 g/mol. The molecule has 2 heterocycles. The quantitative estimate of drug-likeness (QED) is 0.761. The Labute approximate surface area is 160 Å². The third-order valence-corrected chi connectivity index (χ3v) is 5.40. The summed E-state index contributed by atoms with van der Waals surface area (Å²) in [6.07, 6.45) is 1.57. The van der Waals surface area contributed by atoms with Gasteiger partial charge >= 0.3 is 0 Å². The number of carbonyl (C=O) groups excluding carboxylic acids is 3. The summed E-state index contributed by atoms with van der Waals surface area (Å²) in [5, 5.41) is 2.71. The number of hydrogen-bond donors (Lipinski definition) is 1. The molecule has 2 saturated heterocycles. The number of nitrogens with zero attached hydrogens (tertiary/aromatic N) is 2. The van der Waals surface area contributed by atoms with Crippen molar-refractivity contribution in [1.29, 1.82) is 0 Å². The van der Waals surface area contributed by atoms with Gasteiger partial charge in [0.15, 0.2) is 11.7 Å². The van der Waals surface area contributed by atoms with E-state index in [1.807, 2.05) is 32.0 Å². The molecule has 0 spiro atoms. The Bertz CT molecular complexity index is 681. The first kappa shape index (κ1) is 19.5. The van der Waals surface area contributed by atoms with Crippen molar-refractivity contribution in [3.63, 3.8) is 0 Å². The fraction of sp³-hybridized carbons (Fsp3) is 0.571. The molecule has 2 fully saturated rings. The number of Topliss-reactive ketones (excluding diaryl/α,β-unsaturated/α-hetero) is 1. The zero-order valence-electron chi connectivity index (χ0n) is 16.2. The predicted molar refractivity (Wildman–Crippen MR) is 103 cm³/mol. The highest BCUT2D eigenvalue weighted by atomic mass is 16.2. The maximum atomic E-state index is 12.8. The molecule has 2 unspecified atom stereocenters. The lowest BCUT2D eigenvalue weighted by atomic mass is 9.96. The molecule has 6 heteroatoms. The minimum Gasteiger partial charge on any atom is -0.345 e. The van der Waals surface area contributed by atoms with E-state index >= 15 is 0 Å². The van der Waals surface area contributed by atoms with E-state index < -0.39 is 17.9 Å². The fourth-order valence-corrected chi connectivity index (χ4v) is 3.84. The molecule has 27 heavy (non-hydrogen) atoms. The van der Waals surface area contributed by atoms with Crippen molar-refractivity contribution >= 4 is 17.6 Å². The van der Waals surface area contributed by atoms with Gasteiger partial charge in [-0.05, 0) is 24.3 Å². The van der Waals surface area contributed by atoms with E-state index in [0.29, 0.717) is 25.4 Å². The molecule has 0 radical (unpaired) electrons. The van der Waals surface area contributed by atoms with Crippen LogP contribution in [0.15, 0.2) is 30.3 Å². The predicted octanol–water partition coefficient (Wildman–Crippen LogP) is 1.10. The summed E-state index contributed by atoms with van der Waals surface area (Å²) in [4.78, 5) is 41.5. The number of nitrogens with one attached hydrogen (secondary N) is 1. The molecule has 1 aromatic rings. The van der Waals surface area contributed by atoms with Crippen molar-refractivity contribution in [3.8, 4) is 0 Å². The van der Waals surface area contributed by atoms with Gasteiger partial charge in [0.1, 0.15) is 0 Å². The van der Waals surface area contributed by atoms with Crippen LogP contribution in [0.4, 0.5) is 0 Å². The molecule has 2 aliphatic heterocycles. The van der Waals surface area contributed by atoms with E-state index in [1.165, 1.54) is 5.56 Å². The van der Waals surface area contributed by atoms with Crippen LogP contribution in [0.25, 0.3) is 0 Å². The molecule has 0 aliphatic carbocycles. The highest BCUT2D eigenvalue weighted by Gasteiger charge is 2.47. The van der Waals surface area contributed by atoms with Crippen molar-refractivity contribution in [3.05, 3.63) is 35.9 Å². The van der Waals surface area contributed by atoms with Gasteiger partial charge in [0.05, 0.1) is 6.04 Å². The zero-order chi connectivity index (χ0) is 19.4.